The summed E-state index contributed by atoms with van der Waals surface area (Å²) in [4.78, 5) is 0. The minimum absolute atomic E-state index is 0.372. The SMILES string of the molecule is CCCCC(CC)CO.[Cl][Ti]. The second kappa shape index (κ2) is 13.5. The van der Waals surface area contributed by atoms with Gasteiger partial charge < -0.3 is 5.11 Å². The third kappa shape index (κ3) is 11.0. The molecule has 0 radical (unpaired) electrons. The molecule has 0 aliphatic carbocycles. The zero-order valence-corrected chi connectivity index (χ0v) is 9.76. The summed E-state index contributed by atoms with van der Waals surface area (Å²) >= 11 is 1.47. The van der Waals surface area contributed by atoms with Gasteiger partial charge in [0.15, 0.2) is 0 Å². The number of aliphatic hydroxyl groups is 1. The van der Waals surface area contributed by atoms with Crippen LogP contribution in [0.4, 0.5) is 0 Å². The van der Waals surface area contributed by atoms with Crippen molar-refractivity contribution in [3.8, 4) is 0 Å². The van der Waals surface area contributed by atoms with E-state index in [-0.39, 0.29) is 0 Å². The molecule has 0 saturated carbocycles. The molecule has 0 fully saturated rings. The molecule has 1 unspecified atom stereocenters. The van der Waals surface area contributed by atoms with E-state index in [1.54, 1.807) is 0 Å². The van der Waals surface area contributed by atoms with Crippen LogP contribution in [0.1, 0.15) is 39.5 Å². The topological polar surface area (TPSA) is 20.2 Å². The molecule has 0 aromatic carbocycles. The van der Waals surface area contributed by atoms with Crippen molar-refractivity contribution in [1.82, 2.24) is 0 Å². The Balaban J connectivity index is 0. The quantitative estimate of drug-likeness (QED) is 0.697. The van der Waals surface area contributed by atoms with Crippen LogP contribution in [0, 0.1) is 5.92 Å². The summed E-state index contributed by atoms with van der Waals surface area (Å²) in [5, 5.41) is 8.75. The van der Waals surface area contributed by atoms with Crippen molar-refractivity contribution in [3.05, 3.63) is 0 Å². The van der Waals surface area contributed by atoms with Gasteiger partial charge in [0, 0.05) is 6.61 Å². The van der Waals surface area contributed by atoms with Gasteiger partial charge in [-0.05, 0) is 12.3 Å². The number of halogens is 1. The molecule has 67 valence electrons. The Bertz CT molecular complexity index is 58.1. The van der Waals surface area contributed by atoms with Crippen molar-refractivity contribution < 1.29 is 24.5 Å². The van der Waals surface area contributed by atoms with Gasteiger partial charge in [0.25, 0.3) is 0 Å². The standard InChI is InChI=1S/C8H18O.ClH.Ti/c1-3-5-6-8(4-2)7-9;;/h8-9H,3-7H2,1-2H3;1H;/q;;+1/p-1. The van der Waals surface area contributed by atoms with Crippen molar-refractivity contribution in [2.24, 2.45) is 5.92 Å². The van der Waals surface area contributed by atoms with Gasteiger partial charge in [-0.1, -0.05) is 33.1 Å². The van der Waals surface area contributed by atoms with Gasteiger partial charge in [0.1, 0.15) is 0 Å². The molecule has 1 nitrogen and oxygen atoms in total. The molecule has 0 aliphatic rings. The molecule has 0 bridgehead atoms. The van der Waals surface area contributed by atoms with Gasteiger partial charge in [-0.15, -0.1) is 0 Å². The van der Waals surface area contributed by atoms with Crippen LogP contribution in [0.15, 0.2) is 0 Å². The minimum atomic E-state index is 0.372. The number of hydrogen-bond acceptors (Lipinski definition) is 1. The molecule has 0 saturated heterocycles. The van der Waals surface area contributed by atoms with Crippen LogP contribution in [0.2, 0.25) is 0 Å². The van der Waals surface area contributed by atoms with Gasteiger partial charge in [-0.3, -0.25) is 0 Å². The number of aliphatic hydroxyl groups excluding tert-OH is 1. The predicted octanol–water partition coefficient (Wildman–Crippen LogP) is 2.88. The molecule has 0 aromatic rings. The van der Waals surface area contributed by atoms with Crippen LogP contribution in [0.3, 0.4) is 0 Å². The molecule has 1 atom stereocenters. The van der Waals surface area contributed by atoms with Crippen LogP contribution in [-0.2, 0) is 19.4 Å². The molecule has 0 heterocycles. The Labute approximate surface area is 85.8 Å². The van der Waals surface area contributed by atoms with E-state index in [0.29, 0.717) is 12.5 Å². The van der Waals surface area contributed by atoms with Gasteiger partial charge in [0.2, 0.25) is 0 Å². The van der Waals surface area contributed by atoms with Crippen molar-refractivity contribution in [1.29, 1.82) is 0 Å². The van der Waals surface area contributed by atoms with E-state index in [4.69, 9.17) is 5.11 Å². The van der Waals surface area contributed by atoms with Gasteiger partial charge in [0.05, 0.1) is 0 Å². The van der Waals surface area contributed by atoms with Crippen LogP contribution in [0.25, 0.3) is 0 Å². The molecular weight excluding hydrogens is 195 g/mol. The maximum absolute atomic E-state index is 8.75. The Morgan fingerprint density at radius 2 is 1.91 bits per heavy atom. The Morgan fingerprint density at radius 3 is 2.18 bits per heavy atom. The average Bonchev–Trinajstić information content (AvgIpc) is 2.10. The first-order chi connectivity index (χ1) is 5.35. The molecule has 1 N–H and O–H groups in total. The van der Waals surface area contributed by atoms with Crippen LogP contribution >= 0.6 is 9.30 Å². The normalized spacial score (nSPS) is 11.5. The fourth-order valence-corrected chi connectivity index (χ4v) is 0.917. The molecule has 3 heteroatoms. The van der Waals surface area contributed by atoms with Crippen molar-refractivity contribution >= 4 is 9.30 Å². The summed E-state index contributed by atoms with van der Waals surface area (Å²) in [7, 11) is 4.64. The van der Waals surface area contributed by atoms with Gasteiger partial charge in [-0.25, -0.2) is 0 Å². The number of unbranched alkanes of at least 4 members (excludes halogenated alkanes) is 1. The molecular formula is C8H18ClOTi. The van der Waals surface area contributed by atoms with Crippen molar-refractivity contribution in [3.63, 3.8) is 0 Å². The Hall–Kier alpha value is 0.964. The summed E-state index contributed by atoms with van der Waals surface area (Å²) in [5.74, 6) is 0.560. The first-order valence-electron chi connectivity index (χ1n) is 4.14. The molecule has 0 aliphatic heterocycles. The van der Waals surface area contributed by atoms with E-state index in [0.717, 1.165) is 6.42 Å². The van der Waals surface area contributed by atoms with E-state index in [9.17, 15) is 0 Å². The van der Waals surface area contributed by atoms with E-state index in [1.165, 1.54) is 38.6 Å². The molecule has 11 heavy (non-hydrogen) atoms. The van der Waals surface area contributed by atoms with Crippen molar-refractivity contribution in [2.45, 2.75) is 39.5 Å². The zero-order valence-electron chi connectivity index (χ0n) is 7.44. The van der Waals surface area contributed by atoms with E-state index in [2.05, 4.69) is 23.2 Å². The number of rotatable bonds is 5. The zero-order chi connectivity index (χ0) is 9.11. The molecule has 0 aromatic heterocycles. The summed E-state index contributed by atoms with van der Waals surface area (Å²) in [6, 6.07) is 0. The van der Waals surface area contributed by atoms with Crippen LogP contribution in [-0.4, -0.2) is 11.7 Å². The van der Waals surface area contributed by atoms with E-state index in [1.807, 2.05) is 0 Å². The second-order valence-corrected chi connectivity index (χ2v) is 2.60. The summed E-state index contributed by atoms with van der Waals surface area (Å²) < 4.78 is 0. The Kier molecular flexibility index (Phi) is 17.8. The monoisotopic (exact) mass is 213 g/mol. The van der Waals surface area contributed by atoms with Gasteiger partial charge >= 0.3 is 28.7 Å². The first kappa shape index (κ1) is 14.5. The molecule has 0 rings (SSSR count). The fourth-order valence-electron chi connectivity index (χ4n) is 0.917. The van der Waals surface area contributed by atoms with E-state index >= 15 is 0 Å². The third-order valence-corrected chi connectivity index (χ3v) is 1.80. The van der Waals surface area contributed by atoms with Crippen LogP contribution < -0.4 is 0 Å². The number of hydrogen-bond donors (Lipinski definition) is 1. The van der Waals surface area contributed by atoms with E-state index < -0.39 is 0 Å². The molecule has 0 spiro atoms. The Morgan fingerprint density at radius 1 is 1.36 bits per heavy atom. The second-order valence-electron chi connectivity index (χ2n) is 2.60. The summed E-state index contributed by atoms with van der Waals surface area (Å²) in [5.41, 5.74) is 0. The fraction of sp³-hybridized carbons (Fsp3) is 1.00. The average molecular weight is 214 g/mol. The summed E-state index contributed by atoms with van der Waals surface area (Å²) in [6.07, 6.45) is 4.83. The maximum atomic E-state index is 8.75. The third-order valence-electron chi connectivity index (χ3n) is 1.80. The van der Waals surface area contributed by atoms with Crippen molar-refractivity contribution in [2.75, 3.05) is 6.61 Å². The molecule has 0 amide bonds. The summed E-state index contributed by atoms with van der Waals surface area (Å²) in [6.45, 7) is 4.69. The van der Waals surface area contributed by atoms with Crippen LogP contribution in [0.5, 0.6) is 0 Å². The van der Waals surface area contributed by atoms with Gasteiger partial charge in [-0.2, -0.15) is 0 Å². The first-order valence-corrected chi connectivity index (χ1v) is 6.29. The predicted molar refractivity (Wildman–Crippen MR) is 46.2 cm³/mol.